The molecule has 0 spiro atoms. The molecule has 1 saturated heterocycles. The predicted octanol–water partition coefficient (Wildman–Crippen LogP) is 4.60. The quantitative estimate of drug-likeness (QED) is 0.722. The standard InChI is InChI=1S/C15H21BrClNO/c1-12-4-2-7-18(11-12)8-3-9-19-15-6-5-13(17)10-14(15)16/h5-6,10,12H,2-4,7-9,11H2,1H3/t12-/m0/s1. The third-order valence-corrected chi connectivity index (χ3v) is 4.37. The molecule has 1 heterocycles. The number of hydrogen-bond donors (Lipinski definition) is 0. The van der Waals surface area contributed by atoms with Crippen LogP contribution in [0.25, 0.3) is 0 Å². The second-order valence-corrected chi connectivity index (χ2v) is 6.62. The zero-order chi connectivity index (χ0) is 13.7. The molecule has 2 nitrogen and oxygen atoms in total. The lowest BCUT2D eigenvalue weighted by atomic mass is 10.0. The largest absolute Gasteiger partial charge is 0.492 e. The summed E-state index contributed by atoms with van der Waals surface area (Å²) >= 11 is 9.37. The van der Waals surface area contributed by atoms with Crippen LogP contribution in [0.5, 0.6) is 5.75 Å². The van der Waals surface area contributed by atoms with Crippen LogP contribution in [0.4, 0.5) is 0 Å². The van der Waals surface area contributed by atoms with Gasteiger partial charge in [-0.05, 0) is 65.9 Å². The Morgan fingerprint density at radius 2 is 2.32 bits per heavy atom. The smallest absolute Gasteiger partial charge is 0.133 e. The van der Waals surface area contributed by atoms with Crippen molar-refractivity contribution in [2.75, 3.05) is 26.2 Å². The van der Waals surface area contributed by atoms with Gasteiger partial charge in [-0.2, -0.15) is 0 Å². The number of rotatable bonds is 5. The second kappa shape index (κ2) is 7.51. The van der Waals surface area contributed by atoms with Crippen molar-refractivity contribution < 1.29 is 4.74 Å². The van der Waals surface area contributed by atoms with Gasteiger partial charge < -0.3 is 9.64 Å². The van der Waals surface area contributed by atoms with E-state index in [1.807, 2.05) is 18.2 Å². The van der Waals surface area contributed by atoms with E-state index in [9.17, 15) is 0 Å². The highest BCUT2D eigenvalue weighted by molar-refractivity contribution is 9.10. The van der Waals surface area contributed by atoms with Crippen LogP contribution in [0, 0.1) is 5.92 Å². The van der Waals surface area contributed by atoms with Gasteiger partial charge in [0.25, 0.3) is 0 Å². The first kappa shape index (κ1) is 15.1. The third kappa shape index (κ3) is 4.97. The molecule has 1 fully saturated rings. The number of ether oxygens (including phenoxy) is 1. The second-order valence-electron chi connectivity index (χ2n) is 5.32. The van der Waals surface area contributed by atoms with Gasteiger partial charge in [0.15, 0.2) is 0 Å². The highest BCUT2D eigenvalue weighted by Gasteiger charge is 2.15. The van der Waals surface area contributed by atoms with Gasteiger partial charge in [0.1, 0.15) is 5.75 Å². The van der Waals surface area contributed by atoms with Gasteiger partial charge in [-0.3, -0.25) is 0 Å². The minimum absolute atomic E-state index is 0.724. The van der Waals surface area contributed by atoms with Crippen LogP contribution < -0.4 is 4.74 Å². The summed E-state index contributed by atoms with van der Waals surface area (Å²) in [5.74, 6) is 1.72. The van der Waals surface area contributed by atoms with E-state index >= 15 is 0 Å². The van der Waals surface area contributed by atoms with Crippen molar-refractivity contribution in [2.45, 2.75) is 26.2 Å². The number of likely N-dealkylation sites (tertiary alicyclic amines) is 1. The van der Waals surface area contributed by atoms with Crippen LogP contribution in [0.1, 0.15) is 26.2 Å². The maximum atomic E-state index is 5.90. The van der Waals surface area contributed by atoms with Crippen LogP contribution in [0.3, 0.4) is 0 Å². The van der Waals surface area contributed by atoms with Crippen LogP contribution in [-0.4, -0.2) is 31.1 Å². The Labute approximate surface area is 129 Å². The summed E-state index contributed by atoms with van der Waals surface area (Å²) in [6.45, 7) is 6.72. The Morgan fingerprint density at radius 1 is 1.47 bits per heavy atom. The monoisotopic (exact) mass is 345 g/mol. The molecule has 2 rings (SSSR count). The van der Waals surface area contributed by atoms with Gasteiger partial charge in [0, 0.05) is 18.1 Å². The first-order valence-corrected chi connectivity index (χ1v) is 8.12. The van der Waals surface area contributed by atoms with Crippen molar-refractivity contribution in [3.8, 4) is 5.75 Å². The minimum atomic E-state index is 0.724. The van der Waals surface area contributed by atoms with Gasteiger partial charge >= 0.3 is 0 Å². The van der Waals surface area contributed by atoms with Gasteiger partial charge in [-0.1, -0.05) is 18.5 Å². The van der Waals surface area contributed by atoms with Gasteiger partial charge in [-0.15, -0.1) is 0 Å². The van der Waals surface area contributed by atoms with Crippen molar-refractivity contribution in [2.24, 2.45) is 5.92 Å². The van der Waals surface area contributed by atoms with Crippen LogP contribution in [0.15, 0.2) is 22.7 Å². The molecule has 0 N–H and O–H groups in total. The summed E-state index contributed by atoms with van der Waals surface area (Å²) in [5.41, 5.74) is 0. The molecule has 0 radical (unpaired) electrons. The average molecular weight is 347 g/mol. The van der Waals surface area contributed by atoms with E-state index in [0.29, 0.717) is 0 Å². The van der Waals surface area contributed by atoms with Crippen molar-refractivity contribution in [1.82, 2.24) is 4.90 Å². The topological polar surface area (TPSA) is 12.5 Å². The number of hydrogen-bond acceptors (Lipinski definition) is 2. The van der Waals surface area contributed by atoms with Gasteiger partial charge in [0.05, 0.1) is 11.1 Å². The highest BCUT2D eigenvalue weighted by Crippen LogP contribution is 2.28. The minimum Gasteiger partial charge on any atom is -0.492 e. The van der Waals surface area contributed by atoms with Crippen LogP contribution in [-0.2, 0) is 0 Å². The molecule has 4 heteroatoms. The molecule has 1 aliphatic heterocycles. The fourth-order valence-electron chi connectivity index (χ4n) is 2.55. The Bertz CT molecular complexity index is 413. The zero-order valence-electron chi connectivity index (χ0n) is 11.4. The highest BCUT2D eigenvalue weighted by atomic mass is 79.9. The maximum absolute atomic E-state index is 5.90. The summed E-state index contributed by atoms with van der Waals surface area (Å²) in [5, 5.41) is 0.724. The molecule has 0 aromatic heterocycles. The van der Waals surface area contributed by atoms with E-state index in [1.165, 1.54) is 25.9 Å². The first-order chi connectivity index (χ1) is 9.15. The van der Waals surface area contributed by atoms with E-state index in [-0.39, 0.29) is 0 Å². The zero-order valence-corrected chi connectivity index (χ0v) is 13.7. The normalized spacial score (nSPS) is 20.5. The molecule has 1 aromatic rings. The lowest BCUT2D eigenvalue weighted by Crippen LogP contribution is -2.35. The number of piperidine rings is 1. The molecule has 0 bridgehead atoms. The molecule has 0 unspecified atom stereocenters. The molecule has 0 amide bonds. The van der Waals surface area contributed by atoms with Crippen LogP contribution in [0.2, 0.25) is 5.02 Å². The van der Waals surface area contributed by atoms with Gasteiger partial charge in [0.2, 0.25) is 0 Å². The summed E-state index contributed by atoms with van der Waals surface area (Å²) in [7, 11) is 0. The fraction of sp³-hybridized carbons (Fsp3) is 0.600. The molecule has 0 aliphatic carbocycles. The van der Waals surface area contributed by atoms with Crippen molar-refractivity contribution >= 4 is 27.5 Å². The predicted molar refractivity (Wildman–Crippen MR) is 84.1 cm³/mol. The van der Waals surface area contributed by atoms with E-state index in [4.69, 9.17) is 16.3 Å². The number of benzene rings is 1. The lowest BCUT2D eigenvalue weighted by molar-refractivity contribution is 0.170. The SMILES string of the molecule is C[C@H]1CCCN(CCCOc2ccc(Cl)cc2Br)C1. The van der Waals surface area contributed by atoms with Gasteiger partial charge in [-0.25, -0.2) is 0 Å². The molecular weight excluding hydrogens is 326 g/mol. The summed E-state index contributed by atoms with van der Waals surface area (Å²) in [6, 6.07) is 5.63. The summed E-state index contributed by atoms with van der Waals surface area (Å²) in [4.78, 5) is 2.55. The Hall–Kier alpha value is -0.250. The molecule has 1 aliphatic rings. The van der Waals surface area contributed by atoms with Crippen molar-refractivity contribution in [3.63, 3.8) is 0 Å². The molecule has 1 aromatic carbocycles. The third-order valence-electron chi connectivity index (χ3n) is 3.51. The number of nitrogens with zero attached hydrogens (tertiary/aromatic N) is 1. The molecule has 106 valence electrons. The average Bonchev–Trinajstić information content (AvgIpc) is 2.37. The Balaban J connectivity index is 1.69. The molecular formula is C15H21BrClNO. The number of halogens is 2. The lowest BCUT2D eigenvalue weighted by Gasteiger charge is -2.30. The first-order valence-electron chi connectivity index (χ1n) is 6.95. The summed E-state index contributed by atoms with van der Waals surface area (Å²) in [6.07, 6.45) is 3.79. The molecule has 19 heavy (non-hydrogen) atoms. The molecule has 1 atom stereocenters. The van der Waals surface area contributed by atoms with E-state index in [2.05, 4.69) is 27.8 Å². The van der Waals surface area contributed by atoms with Crippen LogP contribution >= 0.6 is 27.5 Å². The fourth-order valence-corrected chi connectivity index (χ4v) is 3.35. The Kier molecular flexibility index (Phi) is 5.99. The van der Waals surface area contributed by atoms with Crippen molar-refractivity contribution in [1.29, 1.82) is 0 Å². The van der Waals surface area contributed by atoms with Crippen molar-refractivity contribution in [3.05, 3.63) is 27.7 Å². The Morgan fingerprint density at radius 3 is 3.05 bits per heavy atom. The van der Waals surface area contributed by atoms with E-state index in [1.54, 1.807) is 0 Å². The molecule has 0 saturated carbocycles. The van der Waals surface area contributed by atoms with E-state index < -0.39 is 0 Å². The van der Waals surface area contributed by atoms with E-state index in [0.717, 1.165) is 40.7 Å². The summed E-state index contributed by atoms with van der Waals surface area (Å²) < 4.78 is 6.70. The maximum Gasteiger partial charge on any atom is 0.133 e.